The molecule has 0 saturated carbocycles. The molecule has 2 saturated heterocycles. The number of piperidine rings is 2. The molecule has 0 aromatic heterocycles. The second-order valence-electron chi connectivity index (χ2n) is 9.78. The SMILES string of the molecule is CCc1ccc(NC(=O)CN2C(=O)C3CCCCN3c3ccc(C(=O)N4CCCCC4)cc32)cc1. The van der Waals surface area contributed by atoms with E-state index in [1.807, 2.05) is 47.4 Å². The molecule has 7 heteroatoms. The molecule has 0 spiro atoms. The van der Waals surface area contributed by atoms with Gasteiger partial charge in [-0.1, -0.05) is 19.1 Å². The van der Waals surface area contributed by atoms with Crippen LogP contribution >= 0.6 is 0 Å². The molecule has 1 N–H and O–H groups in total. The Morgan fingerprint density at radius 2 is 1.66 bits per heavy atom. The summed E-state index contributed by atoms with van der Waals surface area (Å²) in [6.45, 7) is 4.36. The number of hydrogen-bond acceptors (Lipinski definition) is 4. The van der Waals surface area contributed by atoms with Gasteiger partial charge in [0, 0.05) is 30.9 Å². The number of carbonyl (C=O) groups is 3. The molecule has 2 aromatic carbocycles. The highest BCUT2D eigenvalue weighted by Crippen LogP contribution is 2.40. The summed E-state index contributed by atoms with van der Waals surface area (Å²) in [5.41, 5.74) is 4.09. The Balaban J connectivity index is 1.42. The molecule has 0 bridgehead atoms. The lowest BCUT2D eigenvalue weighted by Crippen LogP contribution is -2.56. The zero-order valence-electron chi connectivity index (χ0n) is 20.5. The zero-order chi connectivity index (χ0) is 24.4. The molecule has 5 rings (SSSR count). The van der Waals surface area contributed by atoms with E-state index in [1.54, 1.807) is 4.90 Å². The highest BCUT2D eigenvalue weighted by Gasteiger charge is 2.40. The largest absolute Gasteiger partial charge is 0.358 e. The average Bonchev–Trinajstić information content (AvgIpc) is 2.91. The quantitative estimate of drug-likeness (QED) is 0.704. The molecule has 0 radical (unpaired) electrons. The fourth-order valence-corrected chi connectivity index (χ4v) is 5.50. The first-order valence-corrected chi connectivity index (χ1v) is 13.0. The molecule has 1 unspecified atom stereocenters. The summed E-state index contributed by atoms with van der Waals surface area (Å²) in [5.74, 6) is -0.303. The first kappa shape index (κ1) is 23.4. The summed E-state index contributed by atoms with van der Waals surface area (Å²) in [6, 6.07) is 13.2. The maximum absolute atomic E-state index is 13.6. The van der Waals surface area contributed by atoms with Crippen molar-refractivity contribution in [3.8, 4) is 0 Å². The number of fused-ring (bicyclic) bond motifs is 3. The van der Waals surface area contributed by atoms with E-state index in [1.165, 1.54) is 5.56 Å². The second kappa shape index (κ2) is 10.1. The second-order valence-corrected chi connectivity index (χ2v) is 9.78. The number of amides is 3. The normalized spacial score (nSPS) is 19.7. The Bertz CT molecular complexity index is 1110. The van der Waals surface area contributed by atoms with Gasteiger partial charge in [0.25, 0.3) is 5.91 Å². The Labute approximate surface area is 207 Å². The molecule has 3 amide bonds. The van der Waals surface area contributed by atoms with Crippen LogP contribution in [0.5, 0.6) is 0 Å². The van der Waals surface area contributed by atoms with Crippen molar-refractivity contribution in [3.05, 3.63) is 53.6 Å². The monoisotopic (exact) mass is 474 g/mol. The maximum Gasteiger partial charge on any atom is 0.253 e. The predicted octanol–water partition coefficient (Wildman–Crippen LogP) is 4.22. The van der Waals surface area contributed by atoms with Crippen molar-refractivity contribution in [1.29, 1.82) is 0 Å². The lowest BCUT2D eigenvalue weighted by atomic mass is 9.95. The first-order chi connectivity index (χ1) is 17.0. The van der Waals surface area contributed by atoms with Crippen LogP contribution in [0.4, 0.5) is 17.1 Å². The molecular weight excluding hydrogens is 440 g/mol. The molecule has 3 aliphatic heterocycles. The number of hydrogen-bond donors (Lipinski definition) is 1. The molecule has 3 heterocycles. The molecular formula is C28H34N4O3. The molecule has 1 atom stereocenters. The summed E-state index contributed by atoms with van der Waals surface area (Å²) < 4.78 is 0. The van der Waals surface area contributed by atoms with Crippen LogP contribution in [0, 0.1) is 0 Å². The van der Waals surface area contributed by atoms with Crippen molar-refractivity contribution in [2.75, 3.05) is 41.3 Å². The van der Waals surface area contributed by atoms with E-state index in [0.717, 1.165) is 70.3 Å². The third-order valence-corrected chi connectivity index (χ3v) is 7.47. The van der Waals surface area contributed by atoms with Crippen molar-refractivity contribution in [2.45, 2.75) is 57.9 Å². The number of nitrogens with zero attached hydrogens (tertiary/aromatic N) is 3. The van der Waals surface area contributed by atoms with E-state index in [2.05, 4.69) is 17.1 Å². The lowest BCUT2D eigenvalue weighted by molar-refractivity contribution is -0.123. The van der Waals surface area contributed by atoms with Crippen LogP contribution in [-0.2, 0) is 16.0 Å². The Morgan fingerprint density at radius 3 is 2.40 bits per heavy atom. The third-order valence-electron chi connectivity index (χ3n) is 7.47. The minimum Gasteiger partial charge on any atom is -0.358 e. The van der Waals surface area contributed by atoms with E-state index in [4.69, 9.17) is 0 Å². The summed E-state index contributed by atoms with van der Waals surface area (Å²) in [6.07, 6.45) is 6.95. The fourth-order valence-electron chi connectivity index (χ4n) is 5.50. The third kappa shape index (κ3) is 4.77. The van der Waals surface area contributed by atoms with Gasteiger partial charge in [-0.15, -0.1) is 0 Å². The Kier molecular flexibility index (Phi) is 6.75. The Morgan fingerprint density at radius 1 is 0.914 bits per heavy atom. The smallest absolute Gasteiger partial charge is 0.253 e. The van der Waals surface area contributed by atoms with Crippen molar-refractivity contribution in [2.24, 2.45) is 0 Å². The van der Waals surface area contributed by atoms with Crippen molar-refractivity contribution < 1.29 is 14.4 Å². The van der Waals surface area contributed by atoms with Crippen molar-refractivity contribution in [3.63, 3.8) is 0 Å². The minimum absolute atomic E-state index is 0.00105. The minimum atomic E-state index is -0.253. The van der Waals surface area contributed by atoms with Crippen LogP contribution in [-0.4, -0.2) is 54.8 Å². The van der Waals surface area contributed by atoms with Gasteiger partial charge in [-0.2, -0.15) is 0 Å². The molecule has 35 heavy (non-hydrogen) atoms. The molecule has 2 aromatic rings. The van der Waals surface area contributed by atoms with E-state index in [9.17, 15) is 14.4 Å². The number of benzene rings is 2. The van der Waals surface area contributed by atoms with Crippen LogP contribution in [0.1, 0.15) is 61.4 Å². The fraction of sp³-hybridized carbons (Fsp3) is 0.464. The summed E-state index contributed by atoms with van der Waals surface area (Å²) in [7, 11) is 0. The van der Waals surface area contributed by atoms with Gasteiger partial charge in [-0.05, 0) is 80.8 Å². The standard InChI is InChI=1S/C28H34N4O3/c1-2-20-9-12-22(13-10-20)29-26(33)19-32-25-18-21(27(34)30-15-5-3-6-16-30)11-14-23(25)31-17-7-4-8-24(31)28(32)35/h9-14,18,24H,2-8,15-17,19H2,1H3,(H,29,33). The number of nitrogens with one attached hydrogen (secondary N) is 1. The number of carbonyl (C=O) groups excluding carboxylic acids is 3. The van der Waals surface area contributed by atoms with Crippen LogP contribution in [0.25, 0.3) is 0 Å². The van der Waals surface area contributed by atoms with Crippen LogP contribution in [0.15, 0.2) is 42.5 Å². The molecule has 0 aliphatic carbocycles. The molecule has 3 aliphatic rings. The van der Waals surface area contributed by atoms with Gasteiger partial charge in [-0.25, -0.2) is 0 Å². The molecule has 2 fully saturated rings. The van der Waals surface area contributed by atoms with Crippen molar-refractivity contribution >= 4 is 34.8 Å². The number of aryl methyl sites for hydroxylation is 1. The number of rotatable bonds is 5. The van der Waals surface area contributed by atoms with E-state index >= 15 is 0 Å². The number of likely N-dealkylation sites (tertiary alicyclic amines) is 1. The van der Waals surface area contributed by atoms with Gasteiger partial charge >= 0.3 is 0 Å². The first-order valence-electron chi connectivity index (χ1n) is 13.0. The predicted molar refractivity (Wildman–Crippen MR) is 138 cm³/mol. The lowest BCUT2D eigenvalue weighted by Gasteiger charge is -2.45. The van der Waals surface area contributed by atoms with E-state index in [0.29, 0.717) is 16.9 Å². The van der Waals surface area contributed by atoms with Gasteiger partial charge in [0.05, 0.1) is 11.4 Å². The summed E-state index contributed by atoms with van der Waals surface area (Å²) in [5, 5.41) is 2.93. The van der Waals surface area contributed by atoms with Gasteiger partial charge in [0.2, 0.25) is 11.8 Å². The highest BCUT2D eigenvalue weighted by molar-refractivity contribution is 6.11. The van der Waals surface area contributed by atoms with Crippen LogP contribution in [0.3, 0.4) is 0 Å². The van der Waals surface area contributed by atoms with Gasteiger partial charge < -0.3 is 15.1 Å². The van der Waals surface area contributed by atoms with E-state index in [-0.39, 0.29) is 30.3 Å². The maximum atomic E-state index is 13.6. The molecule has 184 valence electrons. The molecule has 7 nitrogen and oxygen atoms in total. The Hall–Kier alpha value is -3.35. The van der Waals surface area contributed by atoms with Crippen LogP contribution < -0.4 is 15.1 Å². The number of anilines is 3. The zero-order valence-corrected chi connectivity index (χ0v) is 20.5. The topological polar surface area (TPSA) is 73.0 Å². The summed E-state index contributed by atoms with van der Waals surface area (Å²) in [4.78, 5) is 45.5. The van der Waals surface area contributed by atoms with Gasteiger partial charge in [0.1, 0.15) is 12.6 Å². The highest BCUT2D eigenvalue weighted by atomic mass is 16.2. The summed E-state index contributed by atoms with van der Waals surface area (Å²) >= 11 is 0. The van der Waals surface area contributed by atoms with Gasteiger partial charge in [0.15, 0.2) is 0 Å². The average molecular weight is 475 g/mol. The van der Waals surface area contributed by atoms with E-state index < -0.39 is 0 Å². The van der Waals surface area contributed by atoms with Crippen LogP contribution in [0.2, 0.25) is 0 Å². The van der Waals surface area contributed by atoms with Crippen molar-refractivity contribution in [1.82, 2.24) is 4.90 Å². The van der Waals surface area contributed by atoms with Gasteiger partial charge in [-0.3, -0.25) is 19.3 Å².